The Kier molecular flexibility index (Phi) is 4.58. The molecule has 0 aromatic carbocycles. The Morgan fingerprint density at radius 3 is 1.69 bits per heavy atom. The van der Waals surface area contributed by atoms with E-state index in [0.29, 0.717) is 15.7 Å². The minimum atomic E-state index is -0.818. The minimum absolute atomic E-state index is 0.701. The summed E-state index contributed by atoms with van der Waals surface area (Å²) in [5.41, 5.74) is 0. The van der Waals surface area contributed by atoms with Crippen molar-refractivity contribution in [3.05, 3.63) is 22.9 Å². The average molecular weight is 306 g/mol. The van der Waals surface area contributed by atoms with Gasteiger partial charge in [-0.05, 0) is 22.0 Å². The molecule has 16 heavy (non-hydrogen) atoms. The van der Waals surface area contributed by atoms with Crippen molar-refractivity contribution < 1.29 is 0 Å². The van der Waals surface area contributed by atoms with Gasteiger partial charge in [0.25, 0.3) is 0 Å². The molecule has 0 saturated carbocycles. The second-order valence-corrected chi connectivity index (χ2v) is 10.7. The van der Waals surface area contributed by atoms with E-state index in [9.17, 15) is 0 Å². The quantitative estimate of drug-likeness (QED) is 0.734. The molecule has 0 aliphatic carbocycles. The van der Waals surface area contributed by atoms with Crippen LogP contribution in [0.5, 0.6) is 0 Å². The molecule has 1 nitrogen and oxygen atoms in total. The lowest BCUT2D eigenvalue weighted by Crippen LogP contribution is -2.33. The standard InChI is InChI=1S/C13H24BrNS/c1-10(2)16(11(3)4,12(5)6)15-8-7-13(14)9-15/h7-12H,1-6H3. The molecule has 1 aromatic heterocycles. The molecule has 1 heterocycles. The average Bonchev–Trinajstić information content (AvgIpc) is 2.50. The Hall–Kier alpha value is 0.110. The number of halogens is 1. The highest BCUT2D eigenvalue weighted by atomic mass is 79.9. The van der Waals surface area contributed by atoms with Crippen molar-refractivity contribution in [2.45, 2.75) is 57.3 Å². The largest absolute Gasteiger partial charge is 0.316 e. The maximum absolute atomic E-state index is 3.56. The number of rotatable bonds is 4. The number of hydrogen-bond donors (Lipinski definition) is 0. The first-order valence-electron chi connectivity index (χ1n) is 5.97. The van der Waals surface area contributed by atoms with E-state index in [1.165, 1.54) is 4.47 Å². The van der Waals surface area contributed by atoms with Crippen molar-refractivity contribution in [2.75, 3.05) is 0 Å². The van der Waals surface area contributed by atoms with E-state index in [2.05, 4.69) is 79.9 Å². The summed E-state index contributed by atoms with van der Waals surface area (Å²) in [6.07, 6.45) is 4.48. The molecule has 0 atom stereocenters. The monoisotopic (exact) mass is 305 g/mol. The van der Waals surface area contributed by atoms with Gasteiger partial charge in [-0.3, -0.25) is 0 Å². The summed E-state index contributed by atoms with van der Waals surface area (Å²) in [5.74, 6) is 0. The van der Waals surface area contributed by atoms with Gasteiger partial charge in [0.05, 0.1) is 0 Å². The van der Waals surface area contributed by atoms with Gasteiger partial charge in [0.1, 0.15) is 0 Å². The summed E-state index contributed by atoms with van der Waals surface area (Å²) < 4.78 is 3.67. The highest BCUT2D eigenvalue weighted by molar-refractivity contribution is 9.10. The lowest BCUT2D eigenvalue weighted by atomic mass is 10.5. The van der Waals surface area contributed by atoms with Gasteiger partial charge >= 0.3 is 0 Å². The van der Waals surface area contributed by atoms with Crippen LogP contribution in [-0.4, -0.2) is 19.7 Å². The second kappa shape index (κ2) is 5.18. The smallest absolute Gasteiger partial charge is 0.0361 e. The van der Waals surface area contributed by atoms with E-state index in [1.54, 1.807) is 0 Å². The van der Waals surface area contributed by atoms with Crippen LogP contribution in [0.3, 0.4) is 0 Å². The first kappa shape index (κ1) is 14.2. The third kappa shape index (κ3) is 2.21. The normalized spacial score (nSPS) is 14.1. The van der Waals surface area contributed by atoms with Crippen LogP contribution >= 0.6 is 26.1 Å². The van der Waals surface area contributed by atoms with Crippen LogP contribution in [0.15, 0.2) is 22.9 Å². The Morgan fingerprint density at radius 2 is 1.44 bits per heavy atom. The zero-order valence-electron chi connectivity index (χ0n) is 11.2. The van der Waals surface area contributed by atoms with Gasteiger partial charge in [-0.2, -0.15) is 10.2 Å². The van der Waals surface area contributed by atoms with E-state index in [4.69, 9.17) is 0 Å². The zero-order valence-corrected chi connectivity index (χ0v) is 13.6. The van der Waals surface area contributed by atoms with Crippen molar-refractivity contribution in [1.29, 1.82) is 0 Å². The Labute approximate surface area is 110 Å². The fourth-order valence-corrected chi connectivity index (χ4v) is 8.68. The predicted octanol–water partition coefficient (Wildman–Crippen LogP) is 5.04. The molecule has 0 aliphatic rings. The molecule has 0 saturated heterocycles. The van der Waals surface area contributed by atoms with Crippen LogP contribution in [-0.2, 0) is 0 Å². The zero-order chi connectivity index (χ0) is 12.5. The second-order valence-electron chi connectivity index (χ2n) is 5.06. The lowest BCUT2D eigenvalue weighted by Gasteiger charge is -2.52. The molecule has 0 amide bonds. The van der Waals surface area contributed by atoms with Crippen LogP contribution in [0.25, 0.3) is 0 Å². The Bertz CT molecular complexity index is 320. The number of nitrogens with zero attached hydrogens (tertiary/aromatic N) is 1. The molecular weight excluding hydrogens is 282 g/mol. The molecule has 0 N–H and O–H groups in total. The summed E-state index contributed by atoms with van der Waals surface area (Å²) in [6, 6.07) is 2.15. The molecule has 0 fully saturated rings. The van der Waals surface area contributed by atoms with E-state index >= 15 is 0 Å². The van der Waals surface area contributed by atoms with E-state index in [-0.39, 0.29) is 0 Å². The van der Waals surface area contributed by atoms with Gasteiger partial charge < -0.3 is 3.97 Å². The Morgan fingerprint density at radius 1 is 1.00 bits per heavy atom. The highest BCUT2D eigenvalue weighted by Gasteiger charge is 2.35. The summed E-state index contributed by atoms with van der Waals surface area (Å²) in [7, 11) is -0.818. The van der Waals surface area contributed by atoms with Crippen LogP contribution < -0.4 is 0 Å². The van der Waals surface area contributed by atoms with Gasteiger partial charge in [0, 0.05) is 32.6 Å². The summed E-state index contributed by atoms with van der Waals surface area (Å²) in [6.45, 7) is 14.2. The van der Waals surface area contributed by atoms with Gasteiger partial charge in [-0.15, -0.1) is 0 Å². The van der Waals surface area contributed by atoms with Crippen LogP contribution in [0.4, 0.5) is 0 Å². The van der Waals surface area contributed by atoms with Crippen LogP contribution in [0.1, 0.15) is 41.5 Å². The van der Waals surface area contributed by atoms with Crippen molar-refractivity contribution in [2.24, 2.45) is 0 Å². The van der Waals surface area contributed by atoms with Gasteiger partial charge in [0.2, 0.25) is 0 Å². The fourth-order valence-electron chi connectivity index (χ4n) is 2.91. The highest BCUT2D eigenvalue weighted by Crippen LogP contribution is 2.61. The van der Waals surface area contributed by atoms with Gasteiger partial charge in [0.15, 0.2) is 0 Å². The molecule has 94 valence electrons. The summed E-state index contributed by atoms with van der Waals surface area (Å²) >= 11 is 3.56. The molecular formula is C13H24BrNS. The van der Waals surface area contributed by atoms with Crippen molar-refractivity contribution in [3.8, 4) is 0 Å². The van der Waals surface area contributed by atoms with Crippen molar-refractivity contribution in [3.63, 3.8) is 0 Å². The minimum Gasteiger partial charge on any atom is -0.316 e. The SMILES string of the molecule is CC(C)S(C(C)C)(C(C)C)n1ccc(Br)c1. The summed E-state index contributed by atoms with van der Waals surface area (Å²) in [5, 5.41) is 2.10. The van der Waals surface area contributed by atoms with Gasteiger partial charge in [-0.25, -0.2) is 0 Å². The topological polar surface area (TPSA) is 4.93 Å². The Balaban J connectivity index is 3.33. The fraction of sp³-hybridized carbons (Fsp3) is 0.692. The first-order valence-corrected chi connectivity index (χ1v) is 8.54. The van der Waals surface area contributed by atoms with E-state index in [0.717, 1.165) is 0 Å². The molecule has 0 bridgehead atoms. The van der Waals surface area contributed by atoms with Crippen LogP contribution in [0, 0.1) is 0 Å². The maximum Gasteiger partial charge on any atom is 0.0361 e. The van der Waals surface area contributed by atoms with Crippen molar-refractivity contribution in [1.82, 2.24) is 3.97 Å². The van der Waals surface area contributed by atoms with Gasteiger partial charge in [-0.1, -0.05) is 41.5 Å². The molecule has 0 radical (unpaired) electrons. The molecule has 0 aliphatic heterocycles. The third-order valence-corrected chi connectivity index (χ3v) is 9.22. The lowest BCUT2D eigenvalue weighted by molar-refractivity contribution is 0.908. The number of aromatic nitrogens is 1. The molecule has 1 rings (SSSR count). The maximum atomic E-state index is 3.56. The number of hydrogen-bond acceptors (Lipinski definition) is 0. The summed E-state index contributed by atoms with van der Waals surface area (Å²) in [4.78, 5) is 0. The molecule has 1 aromatic rings. The van der Waals surface area contributed by atoms with E-state index < -0.39 is 10.2 Å². The van der Waals surface area contributed by atoms with E-state index in [1.807, 2.05) is 0 Å². The molecule has 0 spiro atoms. The van der Waals surface area contributed by atoms with Crippen molar-refractivity contribution >= 4 is 26.1 Å². The first-order chi connectivity index (χ1) is 7.33. The molecule has 3 heteroatoms. The predicted molar refractivity (Wildman–Crippen MR) is 80.5 cm³/mol. The third-order valence-electron chi connectivity index (χ3n) is 3.26. The van der Waals surface area contributed by atoms with Crippen LogP contribution in [0.2, 0.25) is 0 Å². The molecule has 0 unspecified atom stereocenters.